The van der Waals surface area contributed by atoms with E-state index in [2.05, 4.69) is 10.1 Å². The molecule has 0 atom stereocenters. The molecule has 3 aromatic heterocycles. The zero-order valence-electron chi connectivity index (χ0n) is 11.6. The number of aromatic nitrogens is 3. The monoisotopic (exact) mass is 287 g/mol. The molecular formula is C14H13N3O4. The molecule has 0 amide bonds. The van der Waals surface area contributed by atoms with Crippen molar-refractivity contribution in [2.24, 2.45) is 0 Å². The number of hydrogen-bond acceptors (Lipinski definition) is 6. The van der Waals surface area contributed by atoms with Gasteiger partial charge in [0.1, 0.15) is 5.69 Å². The number of methoxy groups -OCH3 is 2. The second kappa shape index (κ2) is 5.37. The average Bonchev–Trinajstić information content (AvgIpc) is 3.10. The summed E-state index contributed by atoms with van der Waals surface area (Å²) >= 11 is 0. The molecule has 3 aromatic rings. The number of esters is 1. The summed E-state index contributed by atoms with van der Waals surface area (Å²) in [6.07, 6.45) is 3.46. The van der Waals surface area contributed by atoms with Crippen molar-refractivity contribution in [3.05, 3.63) is 42.0 Å². The summed E-state index contributed by atoms with van der Waals surface area (Å²) in [4.78, 5) is 16.0. The molecule has 0 aliphatic rings. The van der Waals surface area contributed by atoms with Gasteiger partial charge in [0, 0.05) is 13.3 Å². The van der Waals surface area contributed by atoms with Gasteiger partial charge in [-0.2, -0.15) is 5.10 Å². The third kappa shape index (κ3) is 2.27. The Morgan fingerprint density at radius 2 is 2.24 bits per heavy atom. The van der Waals surface area contributed by atoms with Crippen molar-refractivity contribution in [1.82, 2.24) is 14.6 Å². The summed E-state index contributed by atoms with van der Waals surface area (Å²) < 4.78 is 17.0. The van der Waals surface area contributed by atoms with Crippen molar-refractivity contribution in [3.8, 4) is 11.5 Å². The van der Waals surface area contributed by atoms with E-state index in [1.807, 2.05) is 24.4 Å². The Morgan fingerprint density at radius 3 is 3.00 bits per heavy atom. The predicted octanol–water partition coefficient (Wildman–Crippen LogP) is 1.92. The molecule has 0 saturated carbocycles. The Morgan fingerprint density at radius 1 is 1.38 bits per heavy atom. The van der Waals surface area contributed by atoms with Crippen molar-refractivity contribution in [3.63, 3.8) is 0 Å². The van der Waals surface area contributed by atoms with Crippen LogP contribution in [-0.2, 0) is 16.1 Å². The lowest BCUT2D eigenvalue weighted by molar-refractivity contribution is 0.0559. The summed E-state index contributed by atoms with van der Waals surface area (Å²) in [7, 11) is 2.81. The molecule has 0 aliphatic heterocycles. The second-order valence-electron chi connectivity index (χ2n) is 4.31. The van der Waals surface area contributed by atoms with E-state index in [0.717, 1.165) is 5.52 Å². The molecule has 0 spiro atoms. The number of hydrogen-bond donors (Lipinski definition) is 0. The van der Waals surface area contributed by atoms with Gasteiger partial charge in [0.05, 0.1) is 31.0 Å². The van der Waals surface area contributed by atoms with Crippen LogP contribution in [0.3, 0.4) is 0 Å². The maximum atomic E-state index is 11.7. The van der Waals surface area contributed by atoms with Gasteiger partial charge in [0.15, 0.2) is 0 Å². The highest BCUT2D eigenvalue weighted by molar-refractivity contribution is 5.88. The van der Waals surface area contributed by atoms with Crippen LogP contribution < -0.4 is 0 Å². The fourth-order valence-electron chi connectivity index (χ4n) is 2.05. The largest absolute Gasteiger partial charge is 0.463 e. The first-order valence-corrected chi connectivity index (χ1v) is 6.24. The molecule has 0 saturated heterocycles. The number of fused-ring (bicyclic) bond motifs is 1. The number of nitrogens with zero attached hydrogens (tertiary/aromatic N) is 3. The van der Waals surface area contributed by atoms with E-state index in [1.54, 1.807) is 10.7 Å². The third-order valence-corrected chi connectivity index (χ3v) is 3.01. The van der Waals surface area contributed by atoms with E-state index in [9.17, 15) is 4.79 Å². The molecule has 7 heteroatoms. The van der Waals surface area contributed by atoms with Gasteiger partial charge in [-0.15, -0.1) is 0 Å². The minimum Gasteiger partial charge on any atom is -0.463 e. The summed E-state index contributed by atoms with van der Waals surface area (Å²) in [5, 5.41) is 4.21. The SMILES string of the molecule is COCc1nc(-c2cnn3ccccc23)oc1C(=O)OC. The van der Waals surface area contributed by atoms with Crippen molar-refractivity contribution in [2.75, 3.05) is 14.2 Å². The minimum absolute atomic E-state index is 0.0460. The van der Waals surface area contributed by atoms with Gasteiger partial charge in [0.25, 0.3) is 0 Å². The van der Waals surface area contributed by atoms with Gasteiger partial charge in [0.2, 0.25) is 11.7 Å². The second-order valence-corrected chi connectivity index (χ2v) is 4.31. The smallest absolute Gasteiger partial charge is 0.376 e. The van der Waals surface area contributed by atoms with Gasteiger partial charge >= 0.3 is 5.97 Å². The third-order valence-electron chi connectivity index (χ3n) is 3.01. The van der Waals surface area contributed by atoms with Crippen LogP contribution in [0.1, 0.15) is 16.2 Å². The first-order chi connectivity index (χ1) is 10.2. The highest BCUT2D eigenvalue weighted by atomic mass is 16.5. The summed E-state index contributed by atoms with van der Waals surface area (Å²) in [5.41, 5.74) is 1.93. The topological polar surface area (TPSA) is 78.9 Å². The first kappa shape index (κ1) is 13.3. The lowest BCUT2D eigenvalue weighted by Crippen LogP contribution is -2.04. The predicted molar refractivity (Wildman–Crippen MR) is 72.7 cm³/mol. The van der Waals surface area contributed by atoms with Crippen molar-refractivity contribution >= 4 is 11.5 Å². The van der Waals surface area contributed by atoms with Gasteiger partial charge in [-0.1, -0.05) is 6.07 Å². The zero-order chi connectivity index (χ0) is 14.8. The maximum Gasteiger partial charge on any atom is 0.376 e. The quantitative estimate of drug-likeness (QED) is 0.682. The Hall–Kier alpha value is -2.67. The van der Waals surface area contributed by atoms with Crippen LogP contribution in [0.15, 0.2) is 35.0 Å². The van der Waals surface area contributed by atoms with Gasteiger partial charge < -0.3 is 13.9 Å². The molecule has 0 radical (unpaired) electrons. The fourth-order valence-corrected chi connectivity index (χ4v) is 2.05. The first-order valence-electron chi connectivity index (χ1n) is 6.24. The van der Waals surface area contributed by atoms with Gasteiger partial charge in [-0.05, 0) is 12.1 Å². The van der Waals surface area contributed by atoms with Crippen LogP contribution in [-0.4, -0.2) is 34.8 Å². The van der Waals surface area contributed by atoms with E-state index < -0.39 is 5.97 Å². The molecule has 0 N–H and O–H groups in total. The minimum atomic E-state index is -0.586. The van der Waals surface area contributed by atoms with Crippen molar-refractivity contribution in [1.29, 1.82) is 0 Å². The maximum absolute atomic E-state index is 11.7. The number of ether oxygens (including phenoxy) is 2. The van der Waals surface area contributed by atoms with Crippen LogP contribution in [0.4, 0.5) is 0 Å². The Bertz CT molecular complexity index is 790. The molecule has 0 aliphatic carbocycles. The lowest BCUT2D eigenvalue weighted by atomic mass is 10.2. The average molecular weight is 287 g/mol. The van der Waals surface area contributed by atoms with Crippen molar-refractivity contribution in [2.45, 2.75) is 6.61 Å². The van der Waals surface area contributed by atoms with Crippen molar-refractivity contribution < 1.29 is 18.7 Å². The molecule has 0 fully saturated rings. The van der Waals surface area contributed by atoms with Gasteiger partial charge in [-0.3, -0.25) is 0 Å². The van der Waals surface area contributed by atoms with Crippen LogP contribution >= 0.6 is 0 Å². The molecule has 0 bridgehead atoms. The molecular weight excluding hydrogens is 274 g/mol. The lowest BCUT2D eigenvalue weighted by Gasteiger charge is -1.96. The zero-order valence-corrected chi connectivity index (χ0v) is 11.6. The van der Waals surface area contributed by atoms with Crippen LogP contribution in [0.2, 0.25) is 0 Å². The van der Waals surface area contributed by atoms with Crippen LogP contribution in [0, 0.1) is 0 Å². The van der Waals surface area contributed by atoms with E-state index in [1.165, 1.54) is 14.2 Å². The van der Waals surface area contributed by atoms with Crippen LogP contribution in [0.25, 0.3) is 17.0 Å². The fraction of sp³-hybridized carbons (Fsp3) is 0.214. The van der Waals surface area contributed by atoms with Crippen LogP contribution in [0.5, 0.6) is 0 Å². The number of oxazole rings is 1. The molecule has 0 aromatic carbocycles. The van der Waals surface area contributed by atoms with E-state index in [4.69, 9.17) is 13.9 Å². The highest BCUT2D eigenvalue weighted by Gasteiger charge is 2.23. The Kier molecular flexibility index (Phi) is 3.41. The molecule has 3 rings (SSSR count). The molecule has 108 valence electrons. The summed E-state index contributed by atoms with van der Waals surface area (Å²) in [5.74, 6) is -0.231. The Balaban J connectivity index is 2.12. The number of rotatable bonds is 4. The van der Waals surface area contributed by atoms with E-state index in [-0.39, 0.29) is 12.4 Å². The van der Waals surface area contributed by atoms with E-state index in [0.29, 0.717) is 17.1 Å². The number of pyridine rings is 1. The Labute approximate surface area is 120 Å². The standard InChI is InChI=1S/C14H13N3O4/c1-19-8-10-12(14(18)20-2)21-13(16-10)9-7-15-17-6-4-3-5-11(9)17/h3-7H,8H2,1-2H3. The van der Waals surface area contributed by atoms with Gasteiger partial charge in [-0.25, -0.2) is 14.3 Å². The molecule has 3 heterocycles. The van der Waals surface area contributed by atoms with E-state index >= 15 is 0 Å². The normalized spacial score (nSPS) is 11.0. The highest BCUT2D eigenvalue weighted by Crippen LogP contribution is 2.26. The number of carbonyl (C=O) groups excluding carboxylic acids is 1. The molecule has 7 nitrogen and oxygen atoms in total. The summed E-state index contributed by atoms with van der Waals surface area (Å²) in [6.45, 7) is 0.160. The number of carbonyl (C=O) groups is 1. The summed E-state index contributed by atoms with van der Waals surface area (Å²) in [6, 6.07) is 5.65. The molecule has 21 heavy (non-hydrogen) atoms. The molecule has 0 unspecified atom stereocenters.